The molecule has 0 unspecified atom stereocenters. The highest BCUT2D eigenvalue weighted by Crippen LogP contribution is 2.47. The monoisotopic (exact) mass is 692 g/mol. The lowest BCUT2D eigenvalue weighted by molar-refractivity contribution is -0.146. The van der Waals surface area contributed by atoms with Gasteiger partial charge in [-0.3, -0.25) is 14.5 Å². The largest absolute Gasteiger partial charge is 0.451 e. The van der Waals surface area contributed by atoms with Gasteiger partial charge < -0.3 is 24.2 Å². The molecular formula is C38H51FN6O5. The van der Waals surface area contributed by atoms with Crippen LogP contribution < -0.4 is 9.64 Å². The minimum absolute atomic E-state index is 0.0535. The maximum Gasteiger partial charge on any atom is 0.411 e. The molecule has 270 valence electrons. The fourth-order valence-corrected chi connectivity index (χ4v) is 8.25. The van der Waals surface area contributed by atoms with E-state index in [4.69, 9.17) is 12.2 Å². The van der Waals surface area contributed by atoms with Crippen molar-refractivity contribution in [3.63, 3.8) is 0 Å². The second-order valence-electron chi connectivity index (χ2n) is 15.9. The minimum Gasteiger partial charge on any atom is -0.451 e. The lowest BCUT2D eigenvalue weighted by atomic mass is 9.70. The summed E-state index contributed by atoms with van der Waals surface area (Å²) < 4.78 is 42.7. The Balaban J connectivity index is 1.14. The van der Waals surface area contributed by atoms with Crippen LogP contribution in [0.25, 0.3) is 0 Å². The van der Waals surface area contributed by atoms with Gasteiger partial charge in [-0.2, -0.15) is 0 Å². The first-order valence-electron chi connectivity index (χ1n) is 18.8. The van der Waals surface area contributed by atoms with Gasteiger partial charge in [0, 0.05) is 55.6 Å². The fraction of sp³-hybridized carbons (Fsp3) is 0.605. The topological polar surface area (TPSA) is 108 Å². The minimum atomic E-state index is -0.785. The van der Waals surface area contributed by atoms with Crippen molar-refractivity contribution in [2.24, 2.45) is 11.3 Å². The number of ether oxygens (including phenoxy) is 2. The zero-order valence-electron chi connectivity index (χ0n) is 32.2. The first-order valence-corrected chi connectivity index (χ1v) is 17.8. The van der Waals surface area contributed by atoms with Crippen LogP contribution in [0.3, 0.4) is 0 Å². The normalized spacial score (nSPS) is 23.4. The van der Waals surface area contributed by atoms with Crippen molar-refractivity contribution in [3.8, 4) is 11.5 Å². The summed E-state index contributed by atoms with van der Waals surface area (Å²) in [5, 5.41) is 0. The standard InChI is InChI=1S/C38H51FN6O5/c1-23(2)44(24(3)4)34(46)29-18-26(39)9-12-30(29)49-31-19-40-22-41-33(31)43-20-38(21-43)13-15-42(16-14-38)35(47)32-28-11-10-27(17-25(28)5)45(32)36(48)50-37(6,7)8/h9,12,18-19,22-24,27-28,32H,5,10-11,13-17,20-21H2,1-4,6-8H3/t27-,28+,32+/m0/s1/i5D2. The van der Waals surface area contributed by atoms with Gasteiger partial charge >= 0.3 is 6.09 Å². The second-order valence-corrected chi connectivity index (χ2v) is 15.9. The molecule has 3 atom stereocenters. The van der Waals surface area contributed by atoms with E-state index in [9.17, 15) is 18.8 Å². The van der Waals surface area contributed by atoms with Gasteiger partial charge in [0.2, 0.25) is 5.91 Å². The molecule has 4 saturated heterocycles. The number of fused-ring (bicyclic) bond motifs is 3. The Morgan fingerprint density at radius 3 is 2.42 bits per heavy atom. The van der Waals surface area contributed by atoms with Crippen molar-refractivity contribution >= 4 is 23.7 Å². The second kappa shape index (κ2) is 13.5. The smallest absolute Gasteiger partial charge is 0.411 e. The lowest BCUT2D eigenvalue weighted by Gasteiger charge is -2.56. The van der Waals surface area contributed by atoms with Crippen molar-refractivity contribution in [1.29, 1.82) is 0 Å². The van der Waals surface area contributed by atoms with Crippen LogP contribution in [0, 0.1) is 17.2 Å². The van der Waals surface area contributed by atoms with Crippen LogP contribution in [0.4, 0.5) is 15.0 Å². The van der Waals surface area contributed by atoms with Gasteiger partial charge in [0.05, 0.1) is 14.5 Å². The maximum absolute atomic E-state index is 14.4. The summed E-state index contributed by atoms with van der Waals surface area (Å²) in [4.78, 5) is 57.3. The third-order valence-corrected chi connectivity index (χ3v) is 10.5. The average molecular weight is 693 g/mol. The van der Waals surface area contributed by atoms with Crippen LogP contribution in [0.2, 0.25) is 0 Å². The molecule has 4 aliphatic heterocycles. The Kier molecular flexibility index (Phi) is 8.89. The number of piperidine rings is 3. The molecule has 1 aromatic heterocycles. The Morgan fingerprint density at radius 2 is 1.78 bits per heavy atom. The molecule has 0 N–H and O–H groups in total. The number of nitrogens with zero attached hydrogens (tertiary/aromatic N) is 6. The van der Waals surface area contributed by atoms with Gasteiger partial charge in [0.15, 0.2) is 11.6 Å². The molecule has 12 heteroatoms. The lowest BCUT2D eigenvalue weighted by Crippen LogP contribution is -2.66. The molecular weight excluding hydrogens is 639 g/mol. The average Bonchev–Trinajstić information content (AvgIpc) is 3.06. The van der Waals surface area contributed by atoms with E-state index in [0.717, 1.165) is 12.8 Å². The van der Waals surface area contributed by atoms with Crippen LogP contribution >= 0.6 is 0 Å². The van der Waals surface area contributed by atoms with Gasteiger partial charge in [-0.05, 0) is 98.8 Å². The summed E-state index contributed by atoms with van der Waals surface area (Å²) >= 11 is 0. The highest BCUT2D eigenvalue weighted by molar-refractivity contribution is 5.97. The number of aromatic nitrogens is 2. The summed E-state index contributed by atoms with van der Waals surface area (Å²) in [7, 11) is 0. The third kappa shape index (κ3) is 6.90. The van der Waals surface area contributed by atoms with Crippen LogP contribution in [0.5, 0.6) is 11.5 Å². The van der Waals surface area contributed by atoms with Crippen molar-refractivity contribution in [2.45, 2.75) is 110 Å². The number of hydrogen-bond donors (Lipinski definition) is 0. The van der Waals surface area contributed by atoms with E-state index >= 15 is 0 Å². The Hall–Kier alpha value is -4.22. The van der Waals surface area contributed by atoms with E-state index in [1.807, 2.05) is 32.6 Å². The predicted molar refractivity (Wildman–Crippen MR) is 188 cm³/mol. The number of benzene rings is 1. The molecule has 5 aliphatic rings. The number of likely N-dealkylation sites (tertiary alicyclic amines) is 1. The SMILES string of the molecule is [2H]C([2H])=C1C[C@@H]2CC[C@H]1[C@H](C(=O)N1CCC3(CC1)CN(c1ncncc1Oc1ccc(F)cc1C(=O)N(C(C)C)C(C)C)C3)N2C(=O)OC(C)(C)C. The molecule has 7 rings (SSSR count). The van der Waals surface area contributed by atoms with E-state index in [0.29, 0.717) is 62.6 Å². The summed E-state index contributed by atoms with van der Waals surface area (Å²) in [5.74, 6) is -0.235. The van der Waals surface area contributed by atoms with Gasteiger partial charge in [-0.15, -0.1) is 0 Å². The molecule has 1 saturated carbocycles. The Bertz CT molecular complexity index is 1720. The number of rotatable bonds is 7. The molecule has 2 bridgehead atoms. The molecule has 11 nitrogen and oxygen atoms in total. The van der Waals surface area contributed by atoms with E-state index in [1.54, 1.807) is 36.8 Å². The maximum atomic E-state index is 14.4. The summed E-state index contributed by atoms with van der Waals surface area (Å²) in [6, 6.07) is 2.66. The molecule has 2 aromatic rings. The number of anilines is 1. The Labute approximate surface area is 297 Å². The van der Waals surface area contributed by atoms with Gasteiger partial charge in [0.25, 0.3) is 5.91 Å². The highest BCUT2D eigenvalue weighted by atomic mass is 19.1. The van der Waals surface area contributed by atoms with Crippen molar-refractivity contribution in [3.05, 3.63) is 54.2 Å². The quantitative estimate of drug-likeness (QED) is 0.305. The van der Waals surface area contributed by atoms with Crippen molar-refractivity contribution < 1.29 is 31.0 Å². The van der Waals surface area contributed by atoms with Crippen LogP contribution in [-0.2, 0) is 9.53 Å². The van der Waals surface area contributed by atoms with E-state index in [-0.39, 0.29) is 59.1 Å². The van der Waals surface area contributed by atoms with E-state index < -0.39 is 23.6 Å². The molecule has 1 aliphatic carbocycles. The number of carbonyl (C=O) groups is 3. The first kappa shape index (κ1) is 33.0. The third-order valence-electron chi connectivity index (χ3n) is 10.5. The molecule has 5 heterocycles. The summed E-state index contributed by atoms with van der Waals surface area (Å²) in [6.07, 6.45) is 5.79. The zero-order chi connectivity index (χ0) is 37.7. The van der Waals surface area contributed by atoms with Crippen molar-refractivity contribution in [1.82, 2.24) is 24.7 Å². The molecule has 0 radical (unpaired) electrons. The number of halogens is 1. The fourth-order valence-electron chi connectivity index (χ4n) is 8.25. The molecule has 1 spiro atoms. The van der Waals surface area contributed by atoms with E-state index in [2.05, 4.69) is 14.9 Å². The predicted octanol–water partition coefficient (Wildman–Crippen LogP) is 6.44. The first-order chi connectivity index (χ1) is 24.5. The van der Waals surface area contributed by atoms with Crippen molar-refractivity contribution in [2.75, 3.05) is 31.1 Å². The van der Waals surface area contributed by atoms with Gasteiger partial charge in [-0.1, -0.05) is 12.1 Å². The number of hydrogen-bond acceptors (Lipinski definition) is 8. The number of amides is 3. The Morgan fingerprint density at radius 1 is 1.08 bits per heavy atom. The molecule has 3 amide bonds. The highest BCUT2D eigenvalue weighted by Gasteiger charge is 2.53. The van der Waals surface area contributed by atoms with Gasteiger partial charge in [-0.25, -0.2) is 19.2 Å². The molecule has 50 heavy (non-hydrogen) atoms. The van der Waals surface area contributed by atoms with E-state index in [1.165, 1.54) is 24.5 Å². The van der Waals surface area contributed by atoms with Crippen LogP contribution in [-0.4, -0.2) is 98.5 Å². The molecule has 1 aromatic carbocycles. The van der Waals surface area contributed by atoms with Gasteiger partial charge in [0.1, 0.15) is 29.5 Å². The zero-order valence-corrected chi connectivity index (χ0v) is 30.2. The summed E-state index contributed by atoms with van der Waals surface area (Å²) in [5.41, 5.74) is -0.00780. The summed E-state index contributed by atoms with van der Waals surface area (Å²) in [6.45, 7) is 15.2. The molecule has 5 fully saturated rings. The van der Waals surface area contributed by atoms with Crippen LogP contribution in [0.1, 0.15) is 93.7 Å². The van der Waals surface area contributed by atoms with Crippen LogP contribution in [0.15, 0.2) is 42.8 Å². The number of carbonyl (C=O) groups excluding carboxylic acids is 3.